The molecular weight excluding hydrogens is 849 g/mol. The summed E-state index contributed by atoms with van der Waals surface area (Å²) in [6.45, 7) is 0. The molecule has 0 saturated heterocycles. The summed E-state index contributed by atoms with van der Waals surface area (Å²) in [5, 5.41) is 17.0. The van der Waals surface area contributed by atoms with E-state index in [1.165, 1.54) is 120 Å². The van der Waals surface area contributed by atoms with Crippen LogP contribution in [0.25, 0.3) is 142 Å². The fourth-order valence-corrected chi connectivity index (χ4v) is 12.4. The van der Waals surface area contributed by atoms with E-state index in [1.807, 2.05) is 0 Å². The van der Waals surface area contributed by atoms with Gasteiger partial charge in [0.1, 0.15) is 23.0 Å². The van der Waals surface area contributed by atoms with Gasteiger partial charge in [0.05, 0.1) is 0 Å². The Labute approximate surface area is 403 Å². The molecular formula is C68H38O2. The van der Waals surface area contributed by atoms with Gasteiger partial charge in [-0.1, -0.05) is 194 Å². The molecule has 2 heterocycles. The zero-order valence-corrected chi connectivity index (χ0v) is 37.8. The van der Waals surface area contributed by atoms with Crippen molar-refractivity contribution in [2.45, 2.75) is 0 Å². The average molecular weight is 887 g/mol. The van der Waals surface area contributed by atoms with Gasteiger partial charge in [0.15, 0.2) is 0 Å². The SMILES string of the molecule is c1ccc2c(c1)Oc1ccc(-c3cc(-c4cccc5ccccc45)c4ccc5c(-c6ccc7c8c(cccc68)Oc6ccccc6-7)cc(-c6cccc7ccccc67)c6ccc3c4c65)c3cccc-2c13. The number of hydrogen-bond acceptors (Lipinski definition) is 2. The van der Waals surface area contributed by atoms with Crippen LogP contribution in [0.15, 0.2) is 231 Å². The predicted molar refractivity (Wildman–Crippen MR) is 293 cm³/mol. The highest BCUT2D eigenvalue weighted by atomic mass is 16.5. The second-order valence-electron chi connectivity index (χ2n) is 18.9. The van der Waals surface area contributed by atoms with Crippen LogP contribution >= 0.6 is 0 Å². The number of benzene rings is 14. The Morgan fingerprint density at radius 3 is 1.03 bits per heavy atom. The van der Waals surface area contributed by atoms with Gasteiger partial charge in [0.2, 0.25) is 0 Å². The van der Waals surface area contributed by atoms with Crippen LogP contribution in [0.2, 0.25) is 0 Å². The van der Waals surface area contributed by atoms with E-state index in [0.29, 0.717) is 0 Å². The van der Waals surface area contributed by atoms with Crippen molar-refractivity contribution in [2.24, 2.45) is 0 Å². The molecule has 2 aliphatic heterocycles. The minimum absolute atomic E-state index is 0.888. The Hall–Kier alpha value is -9.24. The number of para-hydroxylation sites is 2. The Bertz CT molecular complexity index is 4340. The molecule has 0 N–H and O–H groups in total. The molecule has 0 bridgehead atoms. The van der Waals surface area contributed by atoms with Crippen LogP contribution in [0, 0.1) is 0 Å². The maximum absolute atomic E-state index is 6.67. The lowest BCUT2D eigenvalue weighted by atomic mass is 9.79. The molecule has 0 aliphatic carbocycles. The molecule has 16 rings (SSSR count). The molecule has 0 fully saturated rings. The van der Waals surface area contributed by atoms with Gasteiger partial charge in [-0.25, -0.2) is 0 Å². The first kappa shape index (κ1) is 37.8. The lowest BCUT2D eigenvalue weighted by Gasteiger charge is -2.25. The maximum atomic E-state index is 6.67. The lowest BCUT2D eigenvalue weighted by molar-refractivity contribution is 0.487. The van der Waals surface area contributed by atoms with Crippen LogP contribution in [0.1, 0.15) is 0 Å². The molecule has 0 unspecified atom stereocenters. The topological polar surface area (TPSA) is 18.5 Å². The summed E-state index contributed by atoms with van der Waals surface area (Å²) in [6, 6.07) is 84.9. The van der Waals surface area contributed by atoms with Crippen LogP contribution in [0.4, 0.5) is 0 Å². The van der Waals surface area contributed by atoms with Crippen LogP contribution < -0.4 is 9.47 Å². The monoisotopic (exact) mass is 886 g/mol. The fraction of sp³-hybridized carbons (Fsp3) is 0. The summed E-state index contributed by atoms with van der Waals surface area (Å²) < 4.78 is 13.3. The minimum Gasteiger partial charge on any atom is -0.456 e. The van der Waals surface area contributed by atoms with Crippen molar-refractivity contribution in [2.75, 3.05) is 0 Å². The Kier molecular flexibility index (Phi) is 7.64. The summed E-state index contributed by atoms with van der Waals surface area (Å²) >= 11 is 0. The third-order valence-electron chi connectivity index (χ3n) is 15.4. The van der Waals surface area contributed by atoms with E-state index in [4.69, 9.17) is 9.47 Å². The highest BCUT2D eigenvalue weighted by molar-refractivity contribution is 6.34. The van der Waals surface area contributed by atoms with Gasteiger partial charge >= 0.3 is 0 Å². The molecule has 0 saturated carbocycles. The summed E-state index contributed by atoms with van der Waals surface area (Å²) in [7, 11) is 0. The molecule has 0 radical (unpaired) electrons. The third kappa shape index (κ3) is 5.17. The quantitative estimate of drug-likeness (QED) is 0.164. The van der Waals surface area contributed by atoms with Gasteiger partial charge in [-0.2, -0.15) is 0 Å². The van der Waals surface area contributed by atoms with E-state index in [2.05, 4.69) is 231 Å². The van der Waals surface area contributed by atoms with E-state index in [-0.39, 0.29) is 0 Å². The summed E-state index contributed by atoms with van der Waals surface area (Å²) in [4.78, 5) is 0. The number of ether oxygens (including phenoxy) is 2. The highest BCUT2D eigenvalue weighted by Gasteiger charge is 2.27. The van der Waals surface area contributed by atoms with E-state index in [1.54, 1.807) is 0 Å². The normalized spacial score (nSPS) is 12.5. The van der Waals surface area contributed by atoms with Crippen molar-refractivity contribution in [3.63, 3.8) is 0 Å². The van der Waals surface area contributed by atoms with Crippen molar-refractivity contribution in [3.05, 3.63) is 231 Å². The zero-order valence-electron chi connectivity index (χ0n) is 37.8. The first-order chi connectivity index (χ1) is 34.7. The molecule has 0 spiro atoms. The van der Waals surface area contributed by atoms with Gasteiger partial charge in [-0.05, 0) is 157 Å². The number of rotatable bonds is 4. The van der Waals surface area contributed by atoms with Gasteiger partial charge in [-0.3, -0.25) is 0 Å². The molecule has 2 nitrogen and oxygen atoms in total. The van der Waals surface area contributed by atoms with Crippen molar-refractivity contribution >= 4 is 75.4 Å². The molecule has 322 valence electrons. The van der Waals surface area contributed by atoms with Crippen LogP contribution in [0.3, 0.4) is 0 Å². The molecule has 0 aromatic heterocycles. The fourth-order valence-electron chi connectivity index (χ4n) is 12.4. The summed E-state index contributed by atoms with van der Waals surface area (Å²) in [5.41, 5.74) is 14.2. The van der Waals surface area contributed by atoms with Crippen molar-refractivity contribution < 1.29 is 9.47 Å². The molecule has 2 aliphatic rings. The Morgan fingerprint density at radius 2 is 0.486 bits per heavy atom. The number of fused-ring (bicyclic) bond motifs is 6. The zero-order chi connectivity index (χ0) is 45.6. The van der Waals surface area contributed by atoms with E-state index in [9.17, 15) is 0 Å². The van der Waals surface area contributed by atoms with Crippen molar-refractivity contribution in [1.82, 2.24) is 0 Å². The van der Waals surface area contributed by atoms with Gasteiger partial charge in [-0.15, -0.1) is 0 Å². The van der Waals surface area contributed by atoms with Crippen molar-refractivity contribution in [1.29, 1.82) is 0 Å². The highest BCUT2D eigenvalue weighted by Crippen LogP contribution is 2.55. The van der Waals surface area contributed by atoms with E-state index in [0.717, 1.165) is 44.9 Å². The van der Waals surface area contributed by atoms with Gasteiger partial charge in [0.25, 0.3) is 0 Å². The van der Waals surface area contributed by atoms with Crippen LogP contribution in [-0.2, 0) is 0 Å². The third-order valence-corrected chi connectivity index (χ3v) is 15.4. The molecule has 14 aromatic carbocycles. The summed E-state index contributed by atoms with van der Waals surface area (Å²) in [6.07, 6.45) is 0. The maximum Gasteiger partial charge on any atom is 0.135 e. The van der Waals surface area contributed by atoms with Crippen molar-refractivity contribution in [3.8, 4) is 89.8 Å². The molecule has 70 heavy (non-hydrogen) atoms. The standard InChI is InChI=1S/C68H38O2/c1-3-17-41-39(13-1)15-9-21-43(41)57-37-59(45-29-30-52-48-20-6-8-27-62(48)69-63-28-12-25-50(45)66(52)63)55-33-31-54-58(44-22-10-16-40-14-2-4-18-42(40)44)38-60(56-34-32-53(57)67(55)68(54)56)46-35-36-64-65-49(46)23-11-24-51(65)47-19-5-7-26-61(47)70-64/h1-38H. The first-order valence-electron chi connectivity index (χ1n) is 24.1. The minimum atomic E-state index is 0.888. The smallest absolute Gasteiger partial charge is 0.135 e. The molecule has 14 aromatic rings. The Morgan fingerprint density at radius 1 is 0.171 bits per heavy atom. The van der Waals surface area contributed by atoms with Crippen LogP contribution in [0.5, 0.6) is 23.0 Å². The summed E-state index contributed by atoms with van der Waals surface area (Å²) in [5.74, 6) is 3.56. The van der Waals surface area contributed by atoms with Crippen LogP contribution in [-0.4, -0.2) is 0 Å². The molecule has 0 atom stereocenters. The lowest BCUT2D eigenvalue weighted by Crippen LogP contribution is -1.99. The number of hydrogen-bond donors (Lipinski definition) is 0. The average Bonchev–Trinajstić information content (AvgIpc) is 3.42. The molecule has 2 heteroatoms. The largest absolute Gasteiger partial charge is 0.456 e. The van der Waals surface area contributed by atoms with E-state index < -0.39 is 0 Å². The predicted octanol–water partition coefficient (Wildman–Crippen LogP) is 19.4. The second kappa shape index (κ2) is 14.1. The second-order valence-corrected chi connectivity index (χ2v) is 18.9. The molecule has 0 amide bonds. The van der Waals surface area contributed by atoms with E-state index >= 15 is 0 Å². The Balaban J connectivity index is 1.07. The first-order valence-corrected chi connectivity index (χ1v) is 24.1. The van der Waals surface area contributed by atoms with Gasteiger partial charge < -0.3 is 9.47 Å². The van der Waals surface area contributed by atoms with Gasteiger partial charge in [0, 0.05) is 21.9 Å².